The predicted molar refractivity (Wildman–Crippen MR) is 92.5 cm³/mol. The number of carboxylic acid groups (broad SMARTS) is 1. The van der Waals surface area contributed by atoms with Crippen molar-refractivity contribution in [2.75, 3.05) is 20.8 Å². The molecule has 0 aliphatic heterocycles. The van der Waals surface area contributed by atoms with Crippen molar-refractivity contribution in [1.82, 2.24) is 0 Å². The van der Waals surface area contributed by atoms with Crippen LogP contribution in [0, 0.1) is 0 Å². The van der Waals surface area contributed by atoms with Gasteiger partial charge in [0.05, 0.1) is 14.2 Å². The van der Waals surface area contributed by atoms with E-state index in [9.17, 15) is 9.59 Å². The highest BCUT2D eigenvalue weighted by atomic mass is 16.5. The van der Waals surface area contributed by atoms with Crippen molar-refractivity contribution in [2.45, 2.75) is 0 Å². The van der Waals surface area contributed by atoms with Gasteiger partial charge in [0.1, 0.15) is 17.2 Å². The summed E-state index contributed by atoms with van der Waals surface area (Å²) < 4.78 is 15.4. The Labute approximate surface area is 145 Å². The van der Waals surface area contributed by atoms with Crippen molar-refractivity contribution < 1.29 is 28.9 Å². The maximum atomic E-state index is 12.2. The zero-order chi connectivity index (χ0) is 18.2. The first-order valence-corrected chi connectivity index (χ1v) is 7.42. The van der Waals surface area contributed by atoms with Crippen LogP contribution in [0.1, 0.15) is 15.9 Å². The summed E-state index contributed by atoms with van der Waals surface area (Å²) in [5.41, 5.74) is 1.21. The molecule has 6 heteroatoms. The van der Waals surface area contributed by atoms with Gasteiger partial charge < -0.3 is 19.3 Å². The van der Waals surface area contributed by atoms with Gasteiger partial charge in [-0.25, -0.2) is 4.79 Å². The Balaban J connectivity index is 2.08. The van der Waals surface area contributed by atoms with Gasteiger partial charge in [-0.05, 0) is 48.6 Å². The molecule has 0 fully saturated rings. The molecule has 0 spiro atoms. The molecule has 0 radical (unpaired) electrons. The number of carbonyl (C=O) groups is 2. The average Bonchev–Trinajstić information content (AvgIpc) is 2.64. The van der Waals surface area contributed by atoms with Gasteiger partial charge in [-0.2, -0.15) is 0 Å². The van der Waals surface area contributed by atoms with E-state index in [4.69, 9.17) is 19.3 Å². The largest absolute Gasteiger partial charge is 0.497 e. The number of methoxy groups -OCH3 is 2. The molecule has 0 saturated heterocycles. The van der Waals surface area contributed by atoms with Crippen molar-refractivity contribution in [2.24, 2.45) is 0 Å². The molecule has 25 heavy (non-hydrogen) atoms. The van der Waals surface area contributed by atoms with Crippen molar-refractivity contribution in [3.8, 4) is 17.2 Å². The molecule has 1 N–H and O–H groups in total. The number of carbonyl (C=O) groups excluding carboxylic acids is 1. The van der Waals surface area contributed by atoms with Crippen molar-refractivity contribution in [3.63, 3.8) is 0 Å². The molecule has 0 bridgehead atoms. The van der Waals surface area contributed by atoms with E-state index in [0.29, 0.717) is 22.8 Å². The van der Waals surface area contributed by atoms with Crippen molar-refractivity contribution in [1.29, 1.82) is 0 Å². The average molecular weight is 342 g/mol. The normalized spacial score (nSPS) is 10.5. The number of benzene rings is 2. The summed E-state index contributed by atoms with van der Waals surface area (Å²) in [6.07, 6.45) is 3.10. The number of ether oxygens (including phenoxy) is 3. The van der Waals surface area contributed by atoms with Crippen molar-refractivity contribution in [3.05, 3.63) is 59.7 Å². The van der Waals surface area contributed by atoms with Gasteiger partial charge in [-0.3, -0.25) is 4.79 Å². The Hall–Kier alpha value is -3.28. The van der Waals surface area contributed by atoms with Crippen molar-refractivity contribution >= 4 is 17.8 Å². The summed E-state index contributed by atoms with van der Waals surface area (Å²) in [7, 11) is 3.11. The van der Waals surface area contributed by atoms with Gasteiger partial charge in [-0.1, -0.05) is 0 Å². The molecule has 2 aromatic rings. The van der Waals surface area contributed by atoms with Gasteiger partial charge in [-0.15, -0.1) is 0 Å². The lowest BCUT2D eigenvalue weighted by Crippen LogP contribution is -2.09. The van der Waals surface area contributed by atoms with Gasteiger partial charge in [0.15, 0.2) is 12.4 Å². The van der Waals surface area contributed by atoms with Crippen LogP contribution in [0.5, 0.6) is 17.2 Å². The van der Waals surface area contributed by atoms with E-state index < -0.39 is 12.6 Å². The van der Waals surface area contributed by atoms with Gasteiger partial charge in [0, 0.05) is 17.2 Å². The molecule has 0 atom stereocenters. The molecule has 0 aliphatic rings. The summed E-state index contributed by atoms with van der Waals surface area (Å²) in [5, 5.41) is 8.57. The van der Waals surface area contributed by atoms with E-state index in [1.165, 1.54) is 6.08 Å². The highest BCUT2D eigenvalue weighted by molar-refractivity contribution is 6.07. The highest BCUT2D eigenvalue weighted by Crippen LogP contribution is 2.25. The van der Waals surface area contributed by atoms with Gasteiger partial charge in [0.2, 0.25) is 0 Å². The third-order valence-electron chi connectivity index (χ3n) is 3.36. The van der Waals surface area contributed by atoms with Crippen LogP contribution in [0.25, 0.3) is 6.08 Å². The molecule has 0 aromatic heterocycles. The van der Waals surface area contributed by atoms with Crippen LogP contribution in [0.2, 0.25) is 0 Å². The van der Waals surface area contributed by atoms with E-state index in [1.807, 2.05) is 0 Å². The minimum absolute atomic E-state index is 0.192. The first-order chi connectivity index (χ1) is 12.0. The molecule has 0 saturated carbocycles. The van der Waals surface area contributed by atoms with Crippen LogP contribution in [-0.2, 0) is 4.79 Å². The summed E-state index contributed by atoms with van der Waals surface area (Å²) in [6, 6.07) is 11.6. The Morgan fingerprint density at radius 1 is 1.00 bits per heavy atom. The van der Waals surface area contributed by atoms with E-state index in [-0.39, 0.29) is 5.78 Å². The Bertz CT molecular complexity index is 777. The summed E-state index contributed by atoms with van der Waals surface area (Å²) in [6.45, 7) is -0.426. The highest BCUT2D eigenvalue weighted by Gasteiger charge is 2.06. The second-order valence-electron chi connectivity index (χ2n) is 5.01. The van der Waals surface area contributed by atoms with Crippen LogP contribution >= 0.6 is 0 Å². The number of allylic oxidation sites excluding steroid dienone is 1. The second kappa shape index (κ2) is 8.54. The lowest BCUT2D eigenvalue weighted by Gasteiger charge is -2.07. The number of hydrogen-bond donors (Lipinski definition) is 1. The van der Waals surface area contributed by atoms with Gasteiger partial charge in [0.25, 0.3) is 0 Å². The molecule has 0 amide bonds. The molecule has 130 valence electrons. The third-order valence-corrected chi connectivity index (χ3v) is 3.36. The van der Waals surface area contributed by atoms with Crippen LogP contribution in [0.4, 0.5) is 0 Å². The first kappa shape index (κ1) is 18.1. The fourth-order valence-electron chi connectivity index (χ4n) is 2.08. The quantitative estimate of drug-likeness (QED) is 0.586. The minimum Gasteiger partial charge on any atom is -0.497 e. The fraction of sp³-hybridized carbons (Fsp3) is 0.158. The molecule has 6 nitrogen and oxygen atoms in total. The van der Waals surface area contributed by atoms with E-state index in [0.717, 1.165) is 5.56 Å². The second-order valence-corrected chi connectivity index (χ2v) is 5.01. The number of hydrogen-bond acceptors (Lipinski definition) is 5. The number of aliphatic carboxylic acids is 1. The van der Waals surface area contributed by atoms with E-state index in [1.54, 1.807) is 62.8 Å². The van der Waals surface area contributed by atoms with Crippen LogP contribution < -0.4 is 14.2 Å². The molecule has 2 aromatic carbocycles. The predicted octanol–water partition coefficient (Wildman–Crippen LogP) is 3.06. The topological polar surface area (TPSA) is 82.1 Å². The standard InChI is InChI=1S/C19H18O6/c1-23-16-9-5-14(18(11-16)24-2)6-10-17(20)13-3-7-15(8-4-13)25-12-19(21)22/h3-11H,12H2,1-2H3,(H,21,22). The molecule has 0 aliphatic carbocycles. The summed E-state index contributed by atoms with van der Waals surface area (Å²) in [4.78, 5) is 22.7. The Morgan fingerprint density at radius 2 is 1.68 bits per heavy atom. The smallest absolute Gasteiger partial charge is 0.341 e. The van der Waals surface area contributed by atoms with Gasteiger partial charge >= 0.3 is 5.97 Å². The molecule has 2 rings (SSSR count). The molecule has 0 heterocycles. The monoisotopic (exact) mass is 342 g/mol. The maximum Gasteiger partial charge on any atom is 0.341 e. The lowest BCUT2D eigenvalue weighted by atomic mass is 10.1. The number of carboxylic acids is 1. The number of rotatable bonds is 8. The van der Waals surface area contributed by atoms with E-state index >= 15 is 0 Å². The molecule has 0 unspecified atom stereocenters. The minimum atomic E-state index is -1.06. The zero-order valence-corrected chi connectivity index (χ0v) is 13.9. The van der Waals surface area contributed by atoms with Crippen LogP contribution in [0.15, 0.2) is 48.5 Å². The fourth-order valence-corrected chi connectivity index (χ4v) is 2.08. The first-order valence-electron chi connectivity index (χ1n) is 7.42. The Kier molecular flexibility index (Phi) is 6.17. The molecular formula is C19H18O6. The van der Waals surface area contributed by atoms with Crippen LogP contribution in [-0.4, -0.2) is 37.7 Å². The number of ketones is 1. The van der Waals surface area contributed by atoms with E-state index in [2.05, 4.69) is 0 Å². The maximum absolute atomic E-state index is 12.2. The Morgan fingerprint density at radius 3 is 2.28 bits per heavy atom. The lowest BCUT2D eigenvalue weighted by molar-refractivity contribution is -0.139. The molecular weight excluding hydrogens is 324 g/mol. The third kappa shape index (κ3) is 5.10. The van der Waals surface area contributed by atoms with Crippen LogP contribution in [0.3, 0.4) is 0 Å². The summed E-state index contributed by atoms with van der Waals surface area (Å²) in [5.74, 6) is 0.400. The zero-order valence-electron chi connectivity index (χ0n) is 13.9. The SMILES string of the molecule is COc1ccc(C=CC(=O)c2ccc(OCC(=O)O)cc2)c(OC)c1. The summed E-state index contributed by atoms with van der Waals surface area (Å²) >= 11 is 0.